The zero-order valence-corrected chi connectivity index (χ0v) is 17.7. The predicted molar refractivity (Wildman–Crippen MR) is 117 cm³/mol. The molecule has 3 aromatic rings. The molecule has 1 aliphatic carbocycles. The first kappa shape index (κ1) is 21.5. The van der Waals surface area contributed by atoms with E-state index in [-0.39, 0.29) is 19.1 Å². The number of rotatable bonds is 3. The van der Waals surface area contributed by atoms with Crippen LogP contribution in [0.2, 0.25) is 0 Å². The second kappa shape index (κ2) is 8.51. The minimum absolute atomic E-state index is 0.0467. The number of piperazine rings is 1. The molecule has 1 fully saturated rings. The number of hydrogen-bond acceptors (Lipinski definition) is 4. The number of halogens is 3. The first-order chi connectivity index (χ1) is 15.9. The van der Waals surface area contributed by atoms with Crippen molar-refractivity contribution in [1.29, 1.82) is 0 Å². The summed E-state index contributed by atoms with van der Waals surface area (Å²) in [5, 5.41) is 3.18. The molecule has 2 heterocycles. The highest BCUT2D eigenvalue weighted by Crippen LogP contribution is 2.44. The molecule has 2 aliphatic rings. The van der Waals surface area contributed by atoms with E-state index in [1.165, 1.54) is 6.07 Å². The van der Waals surface area contributed by atoms with Gasteiger partial charge in [-0.3, -0.25) is 4.98 Å². The molecule has 5 nitrogen and oxygen atoms in total. The normalized spacial score (nSPS) is 18.0. The number of ether oxygens (including phenoxy) is 1. The Morgan fingerprint density at radius 1 is 1.06 bits per heavy atom. The molecule has 1 aromatic heterocycles. The van der Waals surface area contributed by atoms with E-state index >= 15 is 0 Å². The van der Waals surface area contributed by atoms with Gasteiger partial charge >= 0.3 is 12.3 Å². The Bertz CT molecular complexity index is 1140. The van der Waals surface area contributed by atoms with Crippen LogP contribution in [-0.2, 0) is 10.9 Å². The number of amides is 1. The molecule has 1 N–H and O–H groups in total. The van der Waals surface area contributed by atoms with Gasteiger partial charge in [-0.1, -0.05) is 48.5 Å². The van der Waals surface area contributed by atoms with Crippen LogP contribution in [0.25, 0.3) is 11.1 Å². The van der Waals surface area contributed by atoms with Crippen LogP contribution in [0.1, 0.15) is 34.3 Å². The summed E-state index contributed by atoms with van der Waals surface area (Å²) in [4.78, 5) is 17.8. The topological polar surface area (TPSA) is 54.5 Å². The summed E-state index contributed by atoms with van der Waals surface area (Å²) in [6, 6.07) is 18.3. The number of pyridine rings is 1. The lowest BCUT2D eigenvalue weighted by molar-refractivity contribution is -0.141. The van der Waals surface area contributed by atoms with Crippen LogP contribution in [0, 0.1) is 0 Å². The Kier molecular flexibility index (Phi) is 5.54. The number of nitrogens with one attached hydrogen (secondary N) is 1. The molecule has 1 aliphatic heterocycles. The van der Waals surface area contributed by atoms with E-state index in [1.807, 2.05) is 24.3 Å². The van der Waals surface area contributed by atoms with Gasteiger partial charge in [0.25, 0.3) is 0 Å². The zero-order valence-electron chi connectivity index (χ0n) is 17.7. The summed E-state index contributed by atoms with van der Waals surface area (Å²) in [6.07, 6.45) is -3.84. The van der Waals surface area contributed by atoms with E-state index in [9.17, 15) is 18.0 Å². The van der Waals surface area contributed by atoms with E-state index in [2.05, 4.69) is 34.6 Å². The fraction of sp³-hybridized carbons (Fsp3) is 0.280. The van der Waals surface area contributed by atoms with Gasteiger partial charge in [0, 0.05) is 31.7 Å². The highest BCUT2D eigenvalue weighted by molar-refractivity contribution is 5.79. The third-order valence-electron chi connectivity index (χ3n) is 6.25. The summed E-state index contributed by atoms with van der Waals surface area (Å²) in [6.45, 7) is 1.30. The first-order valence-corrected chi connectivity index (χ1v) is 10.8. The largest absolute Gasteiger partial charge is 0.448 e. The maximum atomic E-state index is 13.0. The highest BCUT2D eigenvalue weighted by atomic mass is 19.4. The van der Waals surface area contributed by atoms with E-state index in [1.54, 1.807) is 4.90 Å². The van der Waals surface area contributed by atoms with E-state index < -0.39 is 24.0 Å². The Hall–Kier alpha value is -3.39. The van der Waals surface area contributed by atoms with Crippen molar-refractivity contribution in [2.24, 2.45) is 0 Å². The van der Waals surface area contributed by atoms with E-state index in [0.29, 0.717) is 18.7 Å². The molecular formula is C25H22F3N3O2. The zero-order chi connectivity index (χ0) is 23.0. The quantitative estimate of drug-likeness (QED) is 0.607. The lowest BCUT2D eigenvalue weighted by atomic mass is 9.98. The number of aromatic nitrogens is 1. The molecule has 2 aromatic carbocycles. The van der Waals surface area contributed by atoms with Crippen molar-refractivity contribution in [2.75, 3.05) is 26.2 Å². The summed E-state index contributed by atoms with van der Waals surface area (Å²) < 4.78 is 44.8. The second-order valence-corrected chi connectivity index (χ2v) is 8.23. The molecule has 0 spiro atoms. The Balaban J connectivity index is 1.28. The van der Waals surface area contributed by atoms with E-state index in [4.69, 9.17) is 4.74 Å². The van der Waals surface area contributed by atoms with Gasteiger partial charge in [-0.2, -0.15) is 13.2 Å². The van der Waals surface area contributed by atoms with Gasteiger partial charge in [0.2, 0.25) is 0 Å². The fourth-order valence-corrected chi connectivity index (χ4v) is 4.64. The van der Waals surface area contributed by atoms with Crippen LogP contribution in [0.3, 0.4) is 0 Å². The minimum Gasteiger partial charge on any atom is -0.448 e. The van der Waals surface area contributed by atoms with Crippen molar-refractivity contribution in [3.8, 4) is 11.1 Å². The molecule has 33 heavy (non-hydrogen) atoms. The molecule has 0 saturated carbocycles. The molecule has 1 atom stereocenters. The Morgan fingerprint density at radius 3 is 2.39 bits per heavy atom. The number of carbonyl (C=O) groups excluding carboxylic acids is 1. The number of fused-ring (bicyclic) bond motifs is 3. The average Bonchev–Trinajstić information content (AvgIpc) is 3.16. The van der Waals surface area contributed by atoms with Crippen LogP contribution in [-0.4, -0.2) is 42.2 Å². The SMILES string of the molecule is O=C(OCC1c2ccccc2-c2ccccc21)N1CCNC(c2ccnc(C(F)(F)F)c2)C1. The van der Waals surface area contributed by atoms with E-state index in [0.717, 1.165) is 34.5 Å². The molecule has 0 radical (unpaired) electrons. The number of carbonyl (C=O) groups is 1. The molecule has 8 heteroatoms. The number of benzene rings is 2. The van der Waals surface area contributed by atoms with Crippen LogP contribution in [0.4, 0.5) is 18.0 Å². The fourth-order valence-electron chi connectivity index (χ4n) is 4.64. The first-order valence-electron chi connectivity index (χ1n) is 10.8. The van der Waals surface area contributed by atoms with Gasteiger partial charge < -0.3 is 15.0 Å². The maximum Gasteiger partial charge on any atom is 0.433 e. The van der Waals surface area contributed by atoms with Gasteiger partial charge in [-0.05, 0) is 39.9 Å². The highest BCUT2D eigenvalue weighted by Gasteiger charge is 2.34. The summed E-state index contributed by atoms with van der Waals surface area (Å²) in [7, 11) is 0. The third kappa shape index (κ3) is 4.18. The van der Waals surface area contributed by atoms with Crippen molar-refractivity contribution in [2.45, 2.75) is 18.1 Å². The Morgan fingerprint density at radius 2 is 1.73 bits per heavy atom. The lowest BCUT2D eigenvalue weighted by Crippen LogP contribution is -2.48. The summed E-state index contributed by atoms with van der Waals surface area (Å²) in [5.74, 6) is -0.0467. The van der Waals surface area contributed by atoms with Crippen molar-refractivity contribution >= 4 is 6.09 Å². The van der Waals surface area contributed by atoms with Gasteiger partial charge in [0.05, 0.1) is 6.04 Å². The van der Waals surface area contributed by atoms with Crippen molar-refractivity contribution < 1.29 is 22.7 Å². The number of alkyl halides is 3. The standard InChI is InChI=1S/C25H22F3N3O2/c26-25(27,28)23-13-16(9-10-30-23)22-14-31(12-11-29-22)24(32)33-15-21-19-7-3-1-5-17(19)18-6-2-4-8-20(18)21/h1-10,13,21-22,29H,11-12,14-15H2. The summed E-state index contributed by atoms with van der Waals surface area (Å²) in [5.41, 5.74) is 4.04. The van der Waals surface area contributed by atoms with Crippen molar-refractivity contribution in [3.63, 3.8) is 0 Å². The number of nitrogens with zero attached hydrogens (tertiary/aromatic N) is 2. The molecule has 1 amide bonds. The van der Waals surface area contributed by atoms with Crippen molar-refractivity contribution in [3.05, 3.63) is 89.2 Å². The van der Waals surface area contributed by atoms with Gasteiger partial charge in [0.1, 0.15) is 12.3 Å². The number of hydrogen-bond donors (Lipinski definition) is 1. The van der Waals surface area contributed by atoms with Crippen LogP contribution >= 0.6 is 0 Å². The molecular weight excluding hydrogens is 431 g/mol. The maximum absolute atomic E-state index is 13.0. The predicted octanol–water partition coefficient (Wildman–Crippen LogP) is 5.00. The van der Waals surface area contributed by atoms with Gasteiger partial charge in [-0.25, -0.2) is 4.79 Å². The summed E-state index contributed by atoms with van der Waals surface area (Å²) >= 11 is 0. The molecule has 0 bridgehead atoms. The monoisotopic (exact) mass is 453 g/mol. The third-order valence-corrected chi connectivity index (χ3v) is 6.25. The molecule has 5 rings (SSSR count). The van der Waals surface area contributed by atoms with Gasteiger partial charge in [0.15, 0.2) is 0 Å². The van der Waals surface area contributed by atoms with Crippen molar-refractivity contribution in [1.82, 2.24) is 15.2 Å². The van der Waals surface area contributed by atoms with Gasteiger partial charge in [-0.15, -0.1) is 0 Å². The van der Waals surface area contributed by atoms with Crippen LogP contribution in [0.5, 0.6) is 0 Å². The smallest absolute Gasteiger partial charge is 0.433 e. The van der Waals surface area contributed by atoms with Crippen LogP contribution < -0.4 is 5.32 Å². The minimum atomic E-state index is -4.52. The van der Waals surface area contributed by atoms with Crippen LogP contribution in [0.15, 0.2) is 66.9 Å². The average molecular weight is 453 g/mol. The molecule has 1 saturated heterocycles. The lowest BCUT2D eigenvalue weighted by Gasteiger charge is -2.33. The Labute approximate surface area is 189 Å². The molecule has 1 unspecified atom stereocenters. The molecule has 170 valence electrons. The second-order valence-electron chi connectivity index (χ2n) is 8.23.